The number of halogens is 1. The van der Waals surface area contributed by atoms with E-state index in [4.69, 9.17) is 32.5 Å². The normalized spacial score (nSPS) is 12.6. The molecule has 1 rings (SSSR count). The highest BCUT2D eigenvalue weighted by Crippen LogP contribution is 2.34. The van der Waals surface area contributed by atoms with Crippen molar-refractivity contribution >= 4 is 11.6 Å². The lowest BCUT2D eigenvalue weighted by Gasteiger charge is -2.22. The number of methoxy groups -OCH3 is 2. The van der Waals surface area contributed by atoms with Gasteiger partial charge in [0.25, 0.3) is 0 Å². The summed E-state index contributed by atoms with van der Waals surface area (Å²) in [7, 11) is 3.24. The Balaban J connectivity index is 2.98. The standard InChI is InChI=1S/C14H23ClN2O2/c1-9(11(7-16)8-17)4-10-5-14(19-3)12(15)6-13(10)18-2/h5-6,9,11H,4,7-8,16-17H2,1-3H3. The predicted molar refractivity (Wildman–Crippen MR) is 79.0 cm³/mol. The van der Waals surface area contributed by atoms with E-state index in [1.165, 1.54) is 0 Å². The van der Waals surface area contributed by atoms with Gasteiger partial charge in [-0.25, -0.2) is 0 Å². The Bertz CT molecular complexity index is 409. The fraction of sp³-hybridized carbons (Fsp3) is 0.571. The average Bonchev–Trinajstić information content (AvgIpc) is 2.41. The lowest BCUT2D eigenvalue weighted by Crippen LogP contribution is -2.30. The van der Waals surface area contributed by atoms with E-state index in [-0.39, 0.29) is 0 Å². The Morgan fingerprint density at radius 3 is 2.16 bits per heavy atom. The number of hydrogen-bond acceptors (Lipinski definition) is 4. The molecular formula is C14H23ClN2O2. The summed E-state index contributed by atoms with van der Waals surface area (Å²) in [5.41, 5.74) is 12.5. The zero-order chi connectivity index (χ0) is 14.4. The molecule has 0 saturated carbocycles. The van der Waals surface area contributed by atoms with Gasteiger partial charge < -0.3 is 20.9 Å². The van der Waals surface area contributed by atoms with Gasteiger partial charge in [-0.3, -0.25) is 0 Å². The molecule has 1 aromatic carbocycles. The van der Waals surface area contributed by atoms with E-state index in [1.54, 1.807) is 20.3 Å². The van der Waals surface area contributed by atoms with Crippen molar-refractivity contribution in [3.8, 4) is 11.5 Å². The molecule has 0 spiro atoms. The number of benzene rings is 1. The van der Waals surface area contributed by atoms with E-state index >= 15 is 0 Å². The Hall–Kier alpha value is -0.970. The number of rotatable bonds is 7. The fourth-order valence-corrected chi connectivity index (χ4v) is 2.39. The van der Waals surface area contributed by atoms with Gasteiger partial charge in [0.2, 0.25) is 0 Å². The highest BCUT2D eigenvalue weighted by atomic mass is 35.5. The van der Waals surface area contributed by atoms with Gasteiger partial charge in [-0.2, -0.15) is 0 Å². The van der Waals surface area contributed by atoms with E-state index in [0.717, 1.165) is 17.7 Å². The molecule has 0 amide bonds. The molecule has 0 fully saturated rings. The fourth-order valence-electron chi connectivity index (χ4n) is 2.16. The van der Waals surface area contributed by atoms with Gasteiger partial charge in [0.1, 0.15) is 11.5 Å². The Morgan fingerprint density at radius 2 is 1.68 bits per heavy atom. The van der Waals surface area contributed by atoms with Crippen molar-refractivity contribution in [3.63, 3.8) is 0 Å². The molecule has 4 nitrogen and oxygen atoms in total. The van der Waals surface area contributed by atoms with Crippen molar-refractivity contribution in [1.82, 2.24) is 0 Å². The molecule has 0 bridgehead atoms. The topological polar surface area (TPSA) is 70.5 Å². The van der Waals surface area contributed by atoms with Gasteiger partial charge in [-0.1, -0.05) is 18.5 Å². The molecule has 0 aromatic heterocycles. The molecule has 0 radical (unpaired) electrons. The maximum absolute atomic E-state index is 6.09. The number of ether oxygens (including phenoxy) is 2. The zero-order valence-corrected chi connectivity index (χ0v) is 12.5. The Morgan fingerprint density at radius 1 is 1.11 bits per heavy atom. The smallest absolute Gasteiger partial charge is 0.137 e. The van der Waals surface area contributed by atoms with Crippen LogP contribution in [0.2, 0.25) is 5.02 Å². The first-order chi connectivity index (χ1) is 9.07. The van der Waals surface area contributed by atoms with E-state index in [9.17, 15) is 0 Å². The molecule has 1 aromatic rings. The monoisotopic (exact) mass is 286 g/mol. The van der Waals surface area contributed by atoms with Crippen molar-refractivity contribution < 1.29 is 9.47 Å². The summed E-state index contributed by atoms with van der Waals surface area (Å²) in [6.07, 6.45) is 0.829. The van der Waals surface area contributed by atoms with Crippen LogP contribution in [-0.2, 0) is 6.42 Å². The van der Waals surface area contributed by atoms with E-state index in [0.29, 0.717) is 35.7 Å². The second kappa shape index (κ2) is 7.58. The first-order valence-electron chi connectivity index (χ1n) is 6.37. The molecule has 1 atom stereocenters. The van der Waals surface area contributed by atoms with Crippen LogP contribution in [0.25, 0.3) is 0 Å². The Labute approximate surface area is 120 Å². The maximum Gasteiger partial charge on any atom is 0.137 e. The first-order valence-corrected chi connectivity index (χ1v) is 6.75. The lowest BCUT2D eigenvalue weighted by atomic mass is 9.88. The minimum atomic E-state index is 0.298. The van der Waals surface area contributed by atoms with Gasteiger partial charge in [0.15, 0.2) is 0 Å². The molecule has 4 N–H and O–H groups in total. The SMILES string of the molecule is COc1cc(CC(C)C(CN)CN)c(OC)cc1Cl. The quantitative estimate of drug-likeness (QED) is 0.805. The van der Waals surface area contributed by atoms with Gasteiger partial charge in [0, 0.05) is 6.07 Å². The van der Waals surface area contributed by atoms with Crippen molar-refractivity contribution in [2.75, 3.05) is 27.3 Å². The maximum atomic E-state index is 6.09. The van der Waals surface area contributed by atoms with E-state index in [2.05, 4.69) is 6.92 Å². The van der Waals surface area contributed by atoms with Gasteiger partial charge in [-0.15, -0.1) is 0 Å². The van der Waals surface area contributed by atoms with Crippen LogP contribution in [0.15, 0.2) is 12.1 Å². The summed E-state index contributed by atoms with van der Waals surface area (Å²) in [6, 6.07) is 3.70. The third kappa shape index (κ3) is 4.00. The largest absolute Gasteiger partial charge is 0.496 e. The lowest BCUT2D eigenvalue weighted by molar-refractivity contribution is 0.358. The molecule has 5 heteroatoms. The summed E-state index contributed by atoms with van der Waals surface area (Å²) in [4.78, 5) is 0. The molecule has 0 aliphatic carbocycles. The summed E-state index contributed by atoms with van der Waals surface area (Å²) in [6.45, 7) is 3.32. The molecule has 0 saturated heterocycles. The molecule has 19 heavy (non-hydrogen) atoms. The summed E-state index contributed by atoms with van der Waals surface area (Å²) >= 11 is 6.09. The highest BCUT2D eigenvalue weighted by Gasteiger charge is 2.18. The molecule has 108 valence electrons. The van der Waals surface area contributed by atoms with Crippen molar-refractivity contribution in [3.05, 3.63) is 22.7 Å². The van der Waals surface area contributed by atoms with Crippen molar-refractivity contribution in [1.29, 1.82) is 0 Å². The summed E-state index contributed by atoms with van der Waals surface area (Å²) in [5, 5.41) is 0.546. The van der Waals surface area contributed by atoms with Crippen LogP contribution in [0.5, 0.6) is 11.5 Å². The number of nitrogens with two attached hydrogens (primary N) is 2. The number of hydrogen-bond donors (Lipinski definition) is 2. The van der Waals surface area contributed by atoms with Crippen LogP contribution in [0, 0.1) is 11.8 Å². The van der Waals surface area contributed by atoms with Crippen LogP contribution >= 0.6 is 11.6 Å². The van der Waals surface area contributed by atoms with Gasteiger partial charge in [-0.05, 0) is 43.0 Å². The van der Waals surface area contributed by atoms with Crippen LogP contribution in [-0.4, -0.2) is 27.3 Å². The van der Waals surface area contributed by atoms with Crippen LogP contribution in [0.3, 0.4) is 0 Å². The molecular weight excluding hydrogens is 264 g/mol. The van der Waals surface area contributed by atoms with Gasteiger partial charge in [0.05, 0.1) is 19.2 Å². The third-order valence-corrected chi connectivity index (χ3v) is 3.80. The summed E-state index contributed by atoms with van der Waals surface area (Å²) in [5.74, 6) is 2.09. The Kier molecular flexibility index (Phi) is 6.42. The predicted octanol–water partition coefficient (Wildman–Crippen LogP) is 2.07. The van der Waals surface area contributed by atoms with Gasteiger partial charge >= 0.3 is 0 Å². The van der Waals surface area contributed by atoms with Crippen LogP contribution in [0.1, 0.15) is 12.5 Å². The molecule has 0 aliphatic heterocycles. The van der Waals surface area contributed by atoms with E-state index in [1.807, 2.05) is 6.07 Å². The second-order valence-corrected chi connectivity index (χ2v) is 5.12. The van der Waals surface area contributed by atoms with Crippen molar-refractivity contribution in [2.45, 2.75) is 13.3 Å². The minimum absolute atomic E-state index is 0.298. The molecule has 0 heterocycles. The molecule has 1 unspecified atom stereocenters. The third-order valence-electron chi connectivity index (χ3n) is 3.51. The molecule has 0 aliphatic rings. The average molecular weight is 287 g/mol. The second-order valence-electron chi connectivity index (χ2n) is 4.71. The summed E-state index contributed by atoms with van der Waals surface area (Å²) < 4.78 is 10.6. The van der Waals surface area contributed by atoms with Crippen molar-refractivity contribution in [2.24, 2.45) is 23.3 Å². The minimum Gasteiger partial charge on any atom is -0.496 e. The van der Waals surface area contributed by atoms with E-state index < -0.39 is 0 Å². The van der Waals surface area contributed by atoms with Crippen LogP contribution < -0.4 is 20.9 Å². The highest BCUT2D eigenvalue weighted by molar-refractivity contribution is 6.32. The van der Waals surface area contributed by atoms with Crippen LogP contribution in [0.4, 0.5) is 0 Å². The first kappa shape index (κ1) is 16.1. The zero-order valence-electron chi connectivity index (χ0n) is 11.8.